The summed E-state index contributed by atoms with van der Waals surface area (Å²) in [5, 5.41) is 8.78. The van der Waals surface area contributed by atoms with Crippen molar-refractivity contribution in [2.75, 3.05) is 6.61 Å². The predicted molar refractivity (Wildman–Crippen MR) is 93.6 cm³/mol. The number of aliphatic hydroxyl groups is 1. The van der Waals surface area contributed by atoms with Crippen LogP contribution in [0.1, 0.15) is 110 Å². The zero-order valence-corrected chi connectivity index (χ0v) is 14.6. The number of unbranched alkanes of at least 4 members (excludes halogenated alkanes) is 9. The van der Waals surface area contributed by atoms with E-state index in [4.69, 9.17) is 5.11 Å². The number of hydrogen-bond acceptors (Lipinski definition) is 1. The zero-order valence-electron chi connectivity index (χ0n) is 14.6. The van der Waals surface area contributed by atoms with E-state index in [-0.39, 0.29) is 0 Å². The highest BCUT2D eigenvalue weighted by molar-refractivity contribution is 4.77. The first-order valence-electron chi connectivity index (χ1n) is 9.99. The average Bonchev–Trinajstić information content (AvgIpc) is 2.94. The van der Waals surface area contributed by atoms with E-state index in [1.54, 1.807) is 0 Å². The molecular formula is C20H40O. The van der Waals surface area contributed by atoms with Crippen LogP contribution in [0.15, 0.2) is 0 Å². The third kappa shape index (κ3) is 9.55. The molecule has 0 spiro atoms. The van der Waals surface area contributed by atoms with Gasteiger partial charge in [0, 0.05) is 6.61 Å². The maximum Gasteiger partial charge on any atom is 0.0431 e. The smallest absolute Gasteiger partial charge is 0.0431 e. The minimum Gasteiger partial charge on any atom is -0.396 e. The molecule has 0 unspecified atom stereocenters. The average molecular weight is 297 g/mol. The first-order chi connectivity index (χ1) is 10.4. The van der Waals surface area contributed by atoms with Crippen molar-refractivity contribution in [1.29, 1.82) is 0 Å². The van der Waals surface area contributed by atoms with E-state index < -0.39 is 0 Å². The van der Waals surface area contributed by atoms with Crippen molar-refractivity contribution in [2.24, 2.45) is 11.8 Å². The molecule has 126 valence electrons. The summed E-state index contributed by atoms with van der Waals surface area (Å²) < 4.78 is 0. The van der Waals surface area contributed by atoms with Gasteiger partial charge in [0.2, 0.25) is 0 Å². The van der Waals surface area contributed by atoms with Crippen molar-refractivity contribution >= 4 is 0 Å². The molecule has 0 bridgehead atoms. The van der Waals surface area contributed by atoms with Gasteiger partial charge in [0.25, 0.3) is 0 Å². The molecule has 1 heteroatoms. The molecule has 1 nitrogen and oxygen atoms in total. The van der Waals surface area contributed by atoms with Gasteiger partial charge in [0.1, 0.15) is 0 Å². The second-order valence-electron chi connectivity index (χ2n) is 7.29. The van der Waals surface area contributed by atoms with Crippen molar-refractivity contribution in [3.63, 3.8) is 0 Å². The fourth-order valence-corrected chi connectivity index (χ4v) is 4.11. The topological polar surface area (TPSA) is 20.2 Å². The van der Waals surface area contributed by atoms with Gasteiger partial charge < -0.3 is 5.11 Å². The van der Waals surface area contributed by atoms with Gasteiger partial charge in [-0.15, -0.1) is 0 Å². The molecule has 0 saturated heterocycles. The Hall–Kier alpha value is -0.0400. The Bertz CT molecular complexity index is 192. The van der Waals surface area contributed by atoms with E-state index in [2.05, 4.69) is 6.92 Å². The Morgan fingerprint density at radius 3 is 1.67 bits per heavy atom. The van der Waals surface area contributed by atoms with Crippen LogP contribution in [0.2, 0.25) is 0 Å². The van der Waals surface area contributed by atoms with Gasteiger partial charge in [-0.1, -0.05) is 103 Å². The van der Waals surface area contributed by atoms with Crippen LogP contribution in [-0.4, -0.2) is 11.7 Å². The summed E-state index contributed by atoms with van der Waals surface area (Å²) in [7, 11) is 0. The van der Waals surface area contributed by atoms with Gasteiger partial charge in [0.05, 0.1) is 0 Å². The van der Waals surface area contributed by atoms with Crippen molar-refractivity contribution in [2.45, 2.75) is 110 Å². The monoisotopic (exact) mass is 296 g/mol. The molecule has 1 aliphatic rings. The van der Waals surface area contributed by atoms with Crippen LogP contribution in [0.3, 0.4) is 0 Å². The highest BCUT2D eigenvalue weighted by atomic mass is 16.2. The van der Waals surface area contributed by atoms with Crippen LogP contribution in [0, 0.1) is 11.8 Å². The fourth-order valence-electron chi connectivity index (χ4n) is 4.11. The van der Waals surface area contributed by atoms with Crippen molar-refractivity contribution < 1.29 is 5.11 Å². The molecular weight excluding hydrogens is 256 g/mol. The molecule has 0 aromatic carbocycles. The summed E-state index contributed by atoms with van der Waals surface area (Å²) in [5.74, 6) is 2.12. The second kappa shape index (κ2) is 13.6. The Morgan fingerprint density at radius 1 is 0.667 bits per heavy atom. The third-order valence-electron chi connectivity index (χ3n) is 5.48. The molecule has 21 heavy (non-hydrogen) atoms. The minimum atomic E-state index is 0.378. The van der Waals surface area contributed by atoms with Crippen molar-refractivity contribution in [3.8, 4) is 0 Å². The van der Waals surface area contributed by atoms with E-state index in [0.29, 0.717) is 6.61 Å². The Kier molecular flexibility index (Phi) is 12.3. The quantitative estimate of drug-likeness (QED) is 0.363. The van der Waals surface area contributed by atoms with Crippen LogP contribution in [0.25, 0.3) is 0 Å². The van der Waals surface area contributed by atoms with E-state index in [9.17, 15) is 0 Å². The maximum atomic E-state index is 8.78. The molecule has 1 rings (SSSR count). The summed E-state index contributed by atoms with van der Waals surface area (Å²) in [6, 6.07) is 0. The summed E-state index contributed by atoms with van der Waals surface area (Å²) in [5.41, 5.74) is 0. The molecule has 0 aromatic rings. The maximum absolute atomic E-state index is 8.78. The van der Waals surface area contributed by atoms with E-state index >= 15 is 0 Å². The van der Waals surface area contributed by atoms with Crippen LogP contribution in [-0.2, 0) is 0 Å². The molecule has 0 aliphatic heterocycles. The highest BCUT2D eigenvalue weighted by Gasteiger charge is 2.25. The van der Waals surface area contributed by atoms with E-state index in [1.165, 1.54) is 96.3 Å². The lowest BCUT2D eigenvalue weighted by atomic mass is 9.86. The molecule has 1 fully saturated rings. The molecule has 0 amide bonds. The molecule has 1 aliphatic carbocycles. The summed E-state index contributed by atoms with van der Waals surface area (Å²) >= 11 is 0. The van der Waals surface area contributed by atoms with Gasteiger partial charge in [-0.2, -0.15) is 0 Å². The lowest BCUT2D eigenvalue weighted by Crippen LogP contribution is -2.08. The molecule has 1 N–H and O–H groups in total. The van der Waals surface area contributed by atoms with Gasteiger partial charge in [-0.05, 0) is 18.3 Å². The van der Waals surface area contributed by atoms with Gasteiger partial charge in [0.15, 0.2) is 0 Å². The van der Waals surface area contributed by atoms with Gasteiger partial charge in [-0.25, -0.2) is 0 Å². The second-order valence-corrected chi connectivity index (χ2v) is 7.29. The molecule has 1 saturated carbocycles. The van der Waals surface area contributed by atoms with Crippen LogP contribution < -0.4 is 0 Å². The number of rotatable bonds is 14. The third-order valence-corrected chi connectivity index (χ3v) is 5.48. The van der Waals surface area contributed by atoms with E-state index in [0.717, 1.165) is 18.3 Å². The molecule has 0 aromatic heterocycles. The largest absolute Gasteiger partial charge is 0.396 e. The van der Waals surface area contributed by atoms with Crippen molar-refractivity contribution in [1.82, 2.24) is 0 Å². The number of aliphatic hydroxyl groups excluding tert-OH is 1. The fraction of sp³-hybridized carbons (Fsp3) is 1.00. The van der Waals surface area contributed by atoms with Gasteiger partial charge in [-0.3, -0.25) is 0 Å². The molecule has 2 atom stereocenters. The lowest BCUT2D eigenvalue weighted by Gasteiger charge is -2.19. The Balaban J connectivity index is 1.98. The Labute approximate surface area is 133 Å². The van der Waals surface area contributed by atoms with Gasteiger partial charge >= 0.3 is 0 Å². The predicted octanol–water partition coefficient (Wildman–Crippen LogP) is 6.49. The van der Waals surface area contributed by atoms with Crippen molar-refractivity contribution in [3.05, 3.63) is 0 Å². The minimum absolute atomic E-state index is 0.378. The Morgan fingerprint density at radius 2 is 1.14 bits per heavy atom. The molecule has 0 heterocycles. The van der Waals surface area contributed by atoms with Crippen LogP contribution in [0.5, 0.6) is 0 Å². The summed E-state index contributed by atoms with van der Waals surface area (Å²) in [6.45, 7) is 2.68. The molecule has 0 radical (unpaired) electrons. The van der Waals surface area contributed by atoms with E-state index in [1.807, 2.05) is 0 Å². The SMILES string of the molecule is CCCCCCCC[C@H]1CCC[C@@H]1CCCCCCCO. The zero-order chi connectivity index (χ0) is 15.2. The summed E-state index contributed by atoms with van der Waals surface area (Å²) in [4.78, 5) is 0. The first kappa shape index (κ1) is 19.0. The highest BCUT2D eigenvalue weighted by Crippen LogP contribution is 2.38. The van der Waals surface area contributed by atoms with Crippen LogP contribution in [0.4, 0.5) is 0 Å². The lowest BCUT2D eigenvalue weighted by molar-refractivity contribution is 0.281. The summed E-state index contributed by atoms with van der Waals surface area (Å²) in [6.07, 6.45) is 22.6. The number of hydrogen-bond donors (Lipinski definition) is 1. The normalized spacial score (nSPS) is 22.0. The standard InChI is InChI=1S/C20H40O/c1-2-3-4-5-7-10-14-19-16-13-17-20(19)15-11-8-6-9-12-18-21/h19-21H,2-18H2,1H3/t19-,20-/m0/s1. The first-order valence-corrected chi connectivity index (χ1v) is 9.99. The van der Waals surface area contributed by atoms with Crippen LogP contribution >= 0.6 is 0 Å².